The summed E-state index contributed by atoms with van der Waals surface area (Å²) in [5, 5.41) is 3.50. The molecule has 0 aliphatic heterocycles. The van der Waals surface area contributed by atoms with E-state index in [0.717, 1.165) is 30.1 Å². The van der Waals surface area contributed by atoms with Gasteiger partial charge in [0.05, 0.1) is 23.5 Å². The van der Waals surface area contributed by atoms with Crippen LogP contribution in [-0.2, 0) is 9.47 Å². The quantitative estimate of drug-likeness (QED) is 0.871. The second-order valence-electron chi connectivity index (χ2n) is 4.77. The second kappa shape index (κ2) is 5.67. The number of aromatic nitrogens is 1. The summed E-state index contributed by atoms with van der Waals surface area (Å²) < 4.78 is 11.1. The highest BCUT2D eigenvalue weighted by molar-refractivity contribution is 5.49. The molecule has 1 aliphatic carbocycles. The average molecular weight is 250 g/mol. The van der Waals surface area contributed by atoms with Crippen LogP contribution in [0.2, 0.25) is 0 Å². The number of nitrogens with zero attached hydrogens (tertiary/aromatic N) is 1. The molecule has 0 spiro atoms. The first-order valence-corrected chi connectivity index (χ1v) is 6.51. The Balaban J connectivity index is 1.98. The molecule has 1 aromatic heterocycles. The van der Waals surface area contributed by atoms with Crippen molar-refractivity contribution in [1.82, 2.24) is 4.98 Å². The van der Waals surface area contributed by atoms with Crippen molar-refractivity contribution in [2.75, 3.05) is 19.0 Å². The van der Waals surface area contributed by atoms with Crippen molar-refractivity contribution in [3.05, 3.63) is 23.5 Å². The highest BCUT2D eigenvalue weighted by Gasteiger charge is 2.42. The fourth-order valence-electron chi connectivity index (χ4n) is 2.45. The number of rotatable bonds is 5. The second-order valence-corrected chi connectivity index (χ2v) is 4.77. The minimum Gasteiger partial charge on any atom is -0.378 e. The summed E-state index contributed by atoms with van der Waals surface area (Å²) in [6, 6.07) is 4.42. The molecule has 0 aromatic carbocycles. The summed E-state index contributed by atoms with van der Waals surface area (Å²) in [6.07, 6.45) is 1.33. The predicted molar refractivity (Wildman–Crippen MR) is 71.9 cm³/mol. The Bertz CT molecular complexity index is 409. The van der Waals surface area contributed by atoms with Crippen LogP contribution in [0.5, 0.6) is 0 Å². The maximum atomic E-state index is 5.62. The largest absolute Gasteiger partial charge is 0.378 e. The van der Waals surface area contributed by atoms with Gasteiger partial charge in [-0.05, 0) is 39.3 Å². The summed E-state index contributed by atoms with van der Waals surface area (Å²) in [4.78, 5) is 4.46. The van der Waals surface area contributed by atoms with E-state index in [9.17, 15) is 0 Å². The van der Waals surface area contributed by atoms with E-state index in [4.69, 9.17) is 9.47 Å². The van der Waals surface area contributed by atoms with Crippen LogP contribution in [-0.4, -0.2) is 37.0 Å². The molecule has 100 valence electrons. The molecule has 0 bridgehead atoms. The molecule has 1 saturated carbocycles. The van der Waals surface area contributed by atoms with Crippen molar-refractivity contribution >= 4 is 5.69 Å². The zero-order chi connectivity index (χ0) is 13.1. The molecule has 4 heteroatoms. The van der Waals surface area contributed by atoms with Crippen LogP contribution in [0.25, 0.3) is 0 Å². The lowest BCUT2D eigenvalue weighted by molar-refractivity contribution is -0.118. The Kier molecular flexibility index (Phi) is 4.19. The number of hydrogen-bond acceptors (Lipinski definition) is 4. The van der Waals surface area contributed by atoms with Gasteiger partial charge >= 0.3 is 0 Å². The van der Waals surface area contributed by atoms with Gasteiger partial charge in [0.1, 0.15) is 6.10 Å². The number of nitrogens with one attached hydrogen (secondary N) is 1. The highest BCUT2D eigenvalue weighted by atomic mass is 16.5. The van der Waals surface area contributed by atoms with Gasteiger partial charge in [0, 0.05) is 19.4 Å². The third kappa shape index (κ3) is 2.65. The molecule has 0 saturated heterocycles. The van der Waals surface area contributed by atoms with E-state index in [1.54, 1.807) is 7.11 Å². The third-order valence-corrected chi connectivity index (χ3v) is 3.47. The Morgan fingerprint density at radius 3 is 2.78 bits per heavy atom. The Hall–Kier alpha value is -1.13. The van der Waals surface area contributed by atoms with Gasteiger partial charge in [-0.15, -0.1) is 0 Å². The fourth-order valence-corrected chi connectivity index (χ4v) is 2.45. The molecule has 3 atom stereocenters. The standard InChI is InChI=1S/C14H22N2O2/c1-5-18-13-8-12(14(13)17-4)16-11-7-6-9(2)15-10(11)3/h6-7,12-14,16H,5,8H2,1-4H3. The van der Waals surface area contributed by atoms with Gasteiger partial charge in [-0.3, -0.25) is 4.98 Å². The minimum atomic E-state index is 0.130. The van der Waals surface area contributed by atoms with Crippen LogP contribution < -0.4 is 5.32 Å². The summed E-state index contributed by atoms with van der Waals surface area (Å²) in [6.45, 7) is 6.78. The molecule has 2 rings (SSSR count). The third-order valence-electron chi connectivity index (χ3n) is 3.47. The van der Waals surface area contributed by atoms with Gasteiger partial charge in [-0.1, -0.05) is 0 Å². The van der Waals surface area contributed by atoms with Gasteiger partial charge in [-0.2, -0.15) is 0 Å². The lowest BCUT2D eigenvalue weighted by Gasteiger charge is -2.43. The van der Waals surface area contributed by atoms with Crippen molar-refractivity contribution in [3.63, 3.8) is 0 Å². The van der Waals surface area contributed by atoms with E-state index in [2.05, 4.69) is 16.4 Å². The normalized spacial score (nSPS) is 26.8. The van der Waals surface area contributed by atoms with E-state index in [1.165, 1.54) is 0 Å². The zero-order valence-corrected chi connectivity index (χ0v) is 11.6. The van der Waals surface area contributed by atoms with Gasteiger partial charge in [0.15, 0.2) is 0 Å². The number of anilines is 1. The topological polar surface area (TPSA) is 43.4 Å². The summed E-state index contributed by atoms with van der Waals surface area (Å²) in [5.41, 5.74) is 3.16. The first kappa shape index (κ1) is 13.3. The van der Waals surface area contributed by atoms with Crippen molar-refractivity contribution in [2.45, 2.75) is 45.4 Å². The van der Waals surface area contributed by atoms with Gasteiger partial charge in [0.2, 0.25) is 0 Å². The average Bonchev–Trinajstić information content (AvgIpc) is 2.31. The van der Waals surface area contributed by atoms with E-state index in [0.29, 0.717) is 6.04 Å². The van der Waals surface area contributed by atoms with Crippen LogP contribution in [0, 0.1) is 13.8 Å². The molecule has 4 nitrogen and oxygen atoms in total. The fraction of sp³-hybridized carbons (Fsp3) is 0.643. The van der Waals surface area contributed by atoms with E-state index < -0.39 is 0 Å². The molecular weight excluding hydrogens is 228 g/mol. The highest BCUT2D eigenvalue weighted by Crippen LogP contribution is 2.30. The van der Waals surface area contributed by atoms with Gasteiger partial charge in [0.25, 0.3) is 0 Å². The van der Waals surface area contributed by atoms with E-state index >= 15 is 0 Å². The lowest BCUT2D eigenvalue weighted by Crippen LogP contribution is -2.56. The number of ether oxygens (including phenoxy) is 2. The molecule has 0 radical (unpaired) electrons. The number of pyridine rings is 1. The van der Waals surface area contributed by atoms with Crippen LogP contribution in [0.3, 0.4) is 0 Å². The van der Waals surface area contributed by atoms with Crippen LogP contribution in [0.1, 0.15) is 24.7 Å². The number of hydrogen-bond donors (Lipinski definition) is 1. The maximum absolute atomic E-state index is 5.62. The Morgan fingerprint density at radius 1 is 1.39 bits per heavy atom. The van der Waals surface area contributed by atoms with Crippen LogP contribution in [0.4, 0.5) is 5.69 Å². The smallest absolute Gasteiger partial charge is 0.103 e. The molecule has 1 aliphatic rings. The van der Waals surface area contributed by atoms with Crippen molar-refractivity contribution in [3.8, 4) is 0 Å². The van der Waals surface area contributed by atoms with Crippen LogP contribution >= 0.6 is 0 Å². The Morgan fingerprint density at radius 2 is 2.17 bits per heavy atom. The first-order chi connectivity index (χ1) is 8.65. The molecule has 1 fully saturated rings. The molecule has 0 amide bonds. The van der Waals surface area contributed by atoms with Crippen molar-refractivity contribution in [1.29, 1.82) is 0 Å². The molecule has 1 N–H and O–H groups in total. The molecule has 3 unspecified atom stereocenters. The van der Waals surface area contributed by atoms with Gasteiger partial charge < -0.3 is 14.8 Å². The zero-order valence-electron chi connectivity index (χ0n) is 11.6. The summed E-state index contributed by atoms with van der Waals surface area (Å²) >= 11 is 0. The number of aryl methyl sites for hydroxylation is 2. The Labute approximate surface area is 109 Å². The maximum Gasteiger partial charge on any atom is 0.103 e. The predicted octanol–water partition coefficient (Wildman–Crippen LogP) is 2.30. The molecule has 18 heavy (non-hydrogen) atoms. The molecule has 1 aromatic rings. The van der Waals surface area contributed by atoms with Crippen molar-refractivity contribution in [2.24, 2.45) is 0 Å². The van der Waals surface area contributed by atoms with E-state index in [1.807, 2.05) is 26.8 Å². The molecular formula is C14H22N2O2. The van der Waals surface area contributed by atoms with Crippen molar-refractivity contribution < 1.29 is 9.47 Å². The first-order valence-electron chi connectivity index (χ1n) is 6.51. The van der Waals surface area contributed by atoms with Crippen LogP contribution in [0.15, 0.2) is 12.1 Å². The summed E-state index contributed by atoms with van der Waals surface area (Å²) in [5.74, 6) is 0. The minimum absolute atomic E-state index is 0.130. The SMILES string of the molecule is CCOC1CC(Nc2ccc(C)nc2C)C1OC. The monoisotopic (exact) mass is 250 g/mol. The summed E-state index contributed by atoms with van der Waals surface area (Å²) in [7, 11) is 1.74. The molecule has 1 heterocycles. The lowest BCUT2D eigenvalue weighted by atomic mass is 9.85. The van der Waals surface area contributed by atoms with E-state index in [-0.39, 0.29) is 12.2 Å². The number of methoxy groups -OCH3 is 1. The van der Waals surface area contributed by atoms with Gasteiger partial charge in [-0.25, -0.2) is 0 Å².